The Labute approximate surface area is 111 Å². The van der Waals surface area contributed by atoms with E-state index in [0.29, 0.717) is 6.61 Å². The van der Waals surface area contributed by atoms with E-state index in [2.05, 4.69) is 6.58 Å². The summed E-state index contributed by atoms with van der Waals surface area (Å²) in [6.07, 6.45) is -0.0127. The fourth-order valence-corrected chi connectivity index (χ4v) is 1.75. The van der Waals surface area contributed by atoms with Crippen LogP contribution < -0.4 is 4.74 Å². The van der Waals surface area contributed by atoms with Crippen LogP contribution in [0.2, 0.25) is 0 Å². The van der Waals surface area contributed by atoms with Gasteiger partial charge in [0.1, 0.15) is 5.75 Å². The van der Waals surface area contributed by atoms with E-state index in [1.807, 2.05) is 24.3 Å². The minimum Gasteiger partial charge on any atom is -0.497 e. The molecule has 19 heavy (non-hydrogen) atoms. The maximum Gasteiger partial charge on any atom is 0.509 e. The summed E-state index contributed by atoms with van der Waals surface area (Å²) in [5.74, 6) is 0.800. The first-order chi connectivity index (χ1) is 9.22. The van der Waals surface area contributed by atoms with E-state index in [1.54, 1.807) is 7.11 Å². The third-order valence-electron chi connectivity index (χ3n) is 2.79. The highest BCUT2D eigenvalue weighted by Gasteiger charge is 2.34. The second kappa shape index (κ2) is 6.24. The summed E-state index contributed by atoms with van der Waals surface area (Å²) < 4.78 is 20.4. The minimum atomic E-state index is -0.678. The van der Waals surface area contributed by atoms with Gasteiger partial charge in [0.25, 0.3) is 0 Å². The molecule has 1 heterocycles. The summed E-state index contributed by atoms with van der Waals surface area (Å²) in [7, 11) is 1.62. The van der Waals surface area contributed by atoms with Crippen LogP contribution in [0.1, 0.15) is 5.56 Å². The lowest BCUT2D eigenvalue weighted by atomic mass is 10.2. The van der Waals surface area contributed by atoms with Crippen LogP contribution in [0.15, 0.2) is 36.9 Å². The Morgan fingerprint density at radius 1 is 1.32 bits per heavy atom. The van der Waals surface area contributed by atoms with Gasteiger partial charge in [-0.1, -0.05) is 18.7 Å². The number of cyclic esters (lactones) is 2. The third-order valence-corrected chi connectivity index (χ3v) is 2.79. The Balaban J connectivity index is 1.79. The van der Waals surface area contributed by atoms with Crippen molar-refractivity contribution in [2.45, 2.75) is 18.8 Å². The Bertz CT molecular complexity index is 440. The lowest BCUT2D eigenvalue weighted by molar-refractivity contribution is 0.0305. The predicted molar refractivity (Wildman–Crippen MR) is 68.0 cm³/mol. The Morgan fingerprint density at radius 2 is 2.05 bits per heavy atom. The first-order valence-electron chi connectivity index (χ1n) is 5.93. The quantitative estimate of drug-likeness (QED) is 0.583. The van der Waals surface area contributed by atoms with Gasteiger partial charge in [0.05, 0.1) is 20.3 Å². The SMILES string of the molecule is C=C[C@@H]1OC(=O)O[C@H]1COCc1ccc(OC)cc1. The molecular formula is C14H16O5. The molecule has 5 heteroatoms. The summed E-state index contributed by atoms with van der Waals surface area (Å²) in [5.41, 5.74) is 1.01. The average Bonchev–Trinajstić information content (AvgIpc) is 2.80. The van der Waals surface area contributed by atoms with Gasteiger partial charge < -0.3 is 18.9 Å². The highest BCUT2D eigenvalue weighted by molar-refractivity contribution is 5.63. The molecule has 0 spiro atoms. The zero-order valence-corrected chi connectivity index (χ0v) is 10.7. The number of hydrogen-bond acceptors (Lipinski definition) is 5. The second-order valence-electron chi connectivity index (χ2n) is 4.09. The normalized spacial score (nSPS) is 21.6. The standard InChI is InChI=1S/C14H16O5/c1-3-12-13(19-14(15)18-12)9-17-8-10-4-6-11(16-2)7-5-10/h3-7,12-13H,1,8-9H2,2H3/t12-,13-/m0/s1. The monoisotopic (exact) mass is 264 g/mol. The molecule has 0 unspecified atom stereocenters. The third kappa shape index (κ3) is 3.48. The molecule has 1 aliphatic heterocycles. The van der Waals surface area contributed by atoms with Crippen molar-refractivity contribution in [3.05, 3.63) is 42.5 Å². The highest BCUT2D eigenvalue weighted by Crippen LogP contribution is 2.17. The number of benzene rings is 1. The van der Waals surface area contributed by atoms with E-state index in [-0.39, 0.29) is 6.61 Å². The highest BCUT2D eigenvalue weighted by atomic mass is 16.8. The lowest BCUT2D eigenvalue weighted by Gasteiger charge is -2.12. The lowest BCUT2D eigenvalue weighted by Crippen LogP contribution is -2.25. The van der Waals surface area contributed by atoms with Crippen molar-refractivity contribution in [3.8, 4) is 5.75 Å². The zero-order chi connectivity index (χ0) is 13.7. The molecule has 0 amide bonds. The Morgan fingerprint density at radius 3 is 2.68 bits per heavy atom. The van der Waals surface area contributed by atoms with Gasteiger partial charge in [0.15, 0.2) is 12.2 Å². The van der Waals surface area contributed by atoms with Crippen LogP contribution in [-0.4, -0.2) is 32.1 Å². The van der Waals surface area contributed by atoms with Crippen molar-refractivity contribution < 1.29 is 23.7 Å². The van der Waals surface area contributed by atoms with E-state index in [0.717, 1.165) is 11.3 Å². The first kappa shape index (κ1) is 13.4. The molecule has 1 saturated heterocycles. The Kier molecular flexibility index (Phi) is 4.41. The number of carbonyl (C=O) groups excluding carboxylic acids is 1. The minimum absolute atomic E-state index is 0.272. The average molecular weight is 264 g/mol. The van der Waals surface area contributed by atoms with Gasteiger partial charge >= 0.3 is 6.16 Å². The molecule has 0 N–H and O–H groups in total. The van der Waals surface area contributed by atoms with Gasteiger partial charge in [-0.05, 0) is 23.8 Å². The fraction of sp³-hybridized carbons (Fsp3) is 0.357. The van der Waals surface area contributed by atoms with Crippen LogP contribution in [0.5, 0.6) is 5.75 Å². The van der Waals surface area contributed by atoms with Crippen LogP contribution in [0.3, 0.4) is 0 Å². The molecule has 0 aromatic heterocycles. The van der Waals surface area contributed by atoms with Crippen LogP contribution in [0.25, 0.3) is 0 Å². The molecule has 102 valence electrons. The van der Waals surface area contributed by atoms with Gasteiger partial charge in [-0.25, -0.2) is 4.79 Å². The summed E-state index contributed by atoms with van der Waals surface area (Å²) in [6.45, 7) is 4.29. The van der Waals surface area contributed by atoms with Crippen LogP contribution in [0, 0.1) is 0 Å². The first-order valence-corrected chi connectivity index (χ1v) is 5.93. The van der Waals surface area contributed by atoms with Crippen molar-refractivity contribution in [2.24, 2.45) is 0 Å². The molecule has 2 rings (SSSR count). The van der Waals surface area contributed by atoms with E-state index in [1.165, 1.54) is 6.08 Å². The van der Waals surface area contributed by atoms with Crippen molar-refractivity contribution >= 4 is 6.16 Å². The largest absolute Gasteiger partial charge is 0.509 e. The van der Waals surface area contributed by atoms with Gasteiger partial charge in [0.2, 0.25) is 0 Å². The van der Waals surface area contributed by atoms with Crippen molar-refractivity contribution in [2.75, 3.05) is 13.7 Å². The predicted octanol–water partition coefficient (Wildman–Crippen LogP) is 2.30. The summed E-state index contributed by atoms with van der Waals surface area (Å²) in [6, 6.07) is 7.57. The van der Waals surface area contributed by atoms with Gasteiger partial charge in [-0.15, -0.1) is 0 Å². The Hall–Kier alpha value is -2.01. The van der Waals surface area contributed by atoms with E-state index in [4.69, 9.17) is 18.9 Å². The van der Waals surface area contributed by atoms with Crippen molar-refractivity contribution in [1.29, 1.82) is 0 Å². The molecule has 0 saturated carbocycles. The molecule has 1 aliphatic rings. The molecule has 0 bridgehead atoms. The fourth-order valence-electron chi connectivity index (χ4n) is 1.75. The molecule has 5 nitrogen and oxygen atoms in total. The van der Waals surface area contributed by atoms with E-state index >= 15 is 0 Å². The maximum absolute atomic E-state index is 11.0. The number of hydrogen-bond donors (Lipinski definition) is 0. The maximum atomic E-state index is 11.0. The van der Waals surface area contributed by atoms with Crippen LogP contribution in [0.4, 0.5) is 4.79 Å². The zero-order valence-electron chi connectivity index (χ0n) is 10.7. The van der Waals surface area contributed by atoms with Crippen molar-refractivity contribution in [3.63, 3.8) is 0 Å². The molecular weight excluding hydrogens is 248 g/mol. The summed E-state index contributed by atoms with van der Waals surface area (Å²) in [4.78, 5) is 11.0. The molecule has 1 fully saturated rings. The van der Waals surface area contributed by atoms with Gasteiger partial charge in [-0.3, -0.25) is 0 Å². The second-order valence-corrected chi connectivity index (χ2v) is 4.09. The number of rotatable bonds is 6. The number of methoxy groups -OCH3 is 1. The topological polar surface area (TPSA) is 54.0 Å². The number of ether oxygens (including phenoxy) is 4. The van der Waals surface area contributed by atoms with Gasteiger partial charge in [-0.2, -0.15) is 0 Å². The summed E-state index contributed by atoms with van der Waals surface area (Å²) >= 11 is 0. The molecule has 1 aromatic rings. The van der Waals surface area contributed by atoms with E-state index < -0.39 is 18.4 Å². The number of carbonyl (C=O) groups is 1. The molecule has 0 radical (unpaired) electrons. The van der Waals surface area contributed by atoms with Crippen molar-refractivity contribution in [1.82, 2.24) is 0 Å². The van der Waals surface area contributed by atoms with Gasteiger partial charge in [0, 0.05) is 0 Å². The molecule has 1 aromatic carbocycles. The summed E-state index contributed by atoms with van der Waals surface area (Å²) in [5, 5.41) is 0. The van der Waals surface area contributed by atoms with E-state index in [9.17, 15) is 4.79 Å². The van der Waals surface area contributed by atoms with Crippen LogP contribution >= 0.6 is 0 Å². The molecule has 0 aliphatic carbocycles. The smallest absolute Gasteiger partial charge is 0.497 e. The molecule has 2 atom stereocenters. The van der Waals surface area contributed by atoms with Crippen LogP contribution in [-0.2, 0) is 20.8 Å².